The van der Waals surface area contributed by atoms with E-state index in [1.807, 2.05) is 31.0 Å². The van der Waals surface area contributed by atoms with Crippen molar-refractivity contribution in [3.8, 4) is 0 Å². The van der Waals surface area contributed by atoms with Gasteiger partial charge in [0, 0.05) is 45.0 Å². The summed E-state index contributed by atoms with van der Waals surface area (Å²) in [5, 5.41) is 6.48. The second kappa shape index (κ2) is 9.68. The third kappa shape index (κ3) is 5.32. The highest BCUT2D eigenvalue weighted by atomic mass is 32.1. The van der Waals surface area contributed by atoms with Crippen LogP contribution in [0.2, 0.25) is 0 Å². The Morgan fingerprint density at radius 3 is 2.64 bits per heavy atom. The Kier molecular flexibility index (Phi) is 7.03. The summed E-state index contributed by atoms with van der Waals surface area (Å²) in [7, 11) is 2.02. The van der Waals surface area contributed by atoms with Crippen molar-refractivity contribution in [1.82, 2.24) is 20.1 Å². The molecular formula is C21H29N5OS. The normalized spacial score (nSPS) is 13.5. The molecule has 0 spiro atoms. The summed E-state index contributed by atoms with van der Waals surface area (Å²) in [6.45, 7) is 7.71. The predicted molar refractivity (Wildman–Crippen MR) is 114 cm³/mol. The van der Waals surface area contributed by atoms with Crippen LogP contribution in [0.5, 0.6) is 0 Å². The molecule has 1 amide bonds. The third-order valence-corrected chi connectivity index (χ3v) is 5.59. The molecule has 0 radical (unpaired) electrons. The van der Waals surface area contributed by atoms with Crippen LogP contribution in [0.4, 0.5) is 0 Å². The number of aromatic nitrogens is 1. The number of rotatable bonds is 7. The van der Waals surface area contributed by atoms with Crippen LogP contribution >= 0.6 is 11.3 Å². The monoisotopic (exact) mass is 399 g/mol. The molecule has 0 fully saturated rings. The van der Waals surface area contributed by atoms with Gasteiger partial charge in [0.1, 0.15) is 0 Å². The van der Waals surface area contributed by atoms with E-state index >= 15 is 0 Å². The maximum absolute atomic E-state index is 12.5. The van der Waals surface area contributed by atoms with Crippen molar-refractivity contribution in [1.29, 1.82) is 0 Å². The zero-order valence-corrected chi connectivity index (χ0v) is 17.8. The largest absolute Gasteiger partial charge is 0.357 e. The van der Waals surface area contributed by atoms with Crippen molar-refractivity contribution < 1.29 is 4.79 Å². The minimum absolute atomic E-state index is 0.211. The van der Waals surface area contributed by atoms with Crippen LogP contribution in [-0.2, 0) is 24.4 Å². The number of guanidine groups is 1. The van der Waals surface area contributed by atoms with Crippen LogP contribution in [0.15, 0.2) is 34.6 Å². The first-order valence-electron chi connectivity index (χ1n) is 9.82. The molecule has 0 saturated carbocycles. The average molecular weight is 400 g/mol. The molecule has 7 heteroatoms. The molecule has 1 aromatic carbocycles. The molecule has 0 aliphatic carbocycles. The van der Waals surface area contributed by atoms with Gasteiger partial charge in [-0.25, -0.2) is 4.98 Å². The summed E-state index contributed by atoms with van der Waals surface area (Å²) in [5.41, 5.74) is 3.59. The van der Waals surface area contributed by atoms with Crippen molar-refractivity contribution in [2.45, 2.75) is 46.3 Å². The van der Waals surface area contributed by atoms with Gasteiger partial charge >= 0.3 is 0 Å². The Balaban J connectivity index is 1.46. The maximum Gasteiger partial charge on any atom is 0.223 e. The molecule has 2 aromatic rings. The van der Waals surface area contributed by atoms with E-state index < -0.39 is 0 Å². The molecule has 1 N–H and O–H groups in total. The Morgan fingerprint density at radius 1 is 1.32 bits per heavy atom. The summed E-state index contributed by atoms with van der Waals surface area (Å²) in [6.07, 6.45) is 1.29. The molecule has 0 unspecified atom stereocenters. The highest BCUT2D eigenvalue weighted by Crippen LogP contribution is 2.22. The quantitative estimate of drug-likeness (QED) is 0.441. The minimum atomic E-state index is 0.211. The second-order valence-electron chi connectivity index (χ2n) is 7.07. The highest BCUT2D eigenvalue weighted by Gasteiger charge is 2.22. The molecule has 1 aliphatic heterocycles. The molecule has 1 aromatic heterocycles. The SMILES string of the molecule is CCNC(=NCCCC(=O)N1Cc2ccccc2C1)N(C)Cc1csc(C)n1. The van der Waals surface area contributed by atoms with E-state index in [4.69, 9.17) is 4.99 Å². The summed E-state index contributed by atoms with van der Waals surface area (Å²) in [6, 6.07) is 8.28. The first kappa shape index (κ1) is 20.3. The fraction of sp³-hybridized carbons (Fsp3) is 0.476. The summed E-state index contributed by atoms with van der Waals surface area (Å²) < 4.78 is 0. The number of nitrogens with one attached hydrogen (secondary N) is 1. The van der Waals surface area contributed by atoms with Gasteiger partial charge < -0.3 is 15.1 Å². The molecule has 0 atom stereocenters. The summed E-state index contributed by atoms with van der Waals surface area (Å²) >= 11 is 1.66. The molecule has 0 bridgehead atoms. The van der Waals surface area contributed by atoms with E-state index in [0.29, 0.717) is 13.0 Å². The Bertz CT molecular complexity index is 807. The Hall–Kier alpha value is -2.41. The van der Waals surface area contributed by atoms with Crippen LogP contribution in [0.3, 0.4) is 0 Å². The number of amides is 1. The number of benzene rings is 1. The lowest BCUT2D eigenvalue weighted by molar-refractivity contribution is -0.131. The van der Waals surface area contributed by atoms with Gasteiger partial charge in [-0.3, -0.25) is 9.79 Å². The van der Waals surface area contributed by atoms with E-state index in [1.54, 1.807) is 11.3 Å². The first-order valence-corrected chi connectivity index (χ1v) is 10.7. The molecule has 1 aliphatic rings. The van der Waals surface area contributed by atoms with E-state index in [0.717, 1.165) is 49.3 Å². The van der Waals surface area contributed by atoms with Gasteiger partial charge in [-0.2, -0.15) is 0 Å². The number of hydrogen-bond acceptors (Lipinski definition) is 4. The number of aliphatic imine (C=N–C) groups is 1. The smallest absolute Gasteiger partial charge is 0.223 e. The van der Waals surface area contributed by atoms with Crippen molar-refractivity contribution in [2.75, 3.05) is 20.1 Å². The van der Waals surface area contributed by atoms with Gasteiger partial charge in [0.15, 0.2) is 5.96 Å². The number of hydrogen-bond donors (Lipinski definition) is 1. The van der Waals surface area contributed by atoms with Crippen LogP contribution < -0.4 is 5.32 Å². The van der Waals surface area contributed by atoms with Crippen LogP contribution in [-0.4, -0.2) is 46.8 Å². The standard InChI is InChI=1S/C21H29N5OS/c1-4-22-21(25(3)14-19-15-28-16(2)24-19)23-11-7-10-20(27)26-12-17-8-5-6-9-18(17)13-26/h5-6,8-9,15H,4,7,10-14H2,1-3H3,(H,22,23). The summed E-state index contributed by atoms with van der Waals surface area (Å²) in [5.74, 6) is 1.07. The number of nitrogens with zero attached hydrogens (tertiary/aromatic N) is 4. The fourth-order valence-electron chi connectivity index (χ4n) is 3.35. The molecule has 3 rings (SSSR count). The van der Waals surface area contributed by atoms with Crippen molar-refractivity contribution in [3.05, 3.63) is 51.5 Å². The zero-order valence-electron chi connectivity index (χ0n) is 16.9. The van der Waals surface area contributed by atoms with Crippen LogP contribution in [0.1, 0.15) is 41.6 Å². The number of carbonyl (C=O) groups is 1. The van der Waals surface area contributed by atoms with E-state index in [-0.39, 0.29) is 5.91 Å². The Labute approximate surface area is 171 Å². The predicted octanol–water partition coefficient (Wildman–Crippen LogP) is 3.17. The lowest BCUT2D eigenvalue weighted by Gasteiger charge is -2.21. The molecule has 28 heavy (non-hydrogen) atoms. The number of aryl methyl sites for hydroxylation is 1. The van der Waals surface area contributed by atoms with Gasteiger partial charge in [-0.1, -0.05) is 24.3 Å². The lowest BCUT2D eigenvalue weighted by Crippen LogP contribution is -2.38. The van der Waals surface area contributed by atoms with Gasteiger partial charge in [0.05, 0.1) is 17.2 Å². The van der Waals surface area contributed by atoms with Crippen molar-refractivity contribution >= 4 is 23.2 Å². The minimum Gasteiger partial charge on any atom is -0.357 e. The zero-order chi connectivity index (χ0) is 19.9. The molecule has 6 nitrogen and oxygen atoms in total. The fourth-order valence-corrected chi connectivity index (χ4v) is 3.96. The van der Waals surface area contributed by atoms with Gasteiger partial charge in [0.2, 0.25) is 5.91 Å². The van der Waals surface area contributed by atoms with Gasteiger partial charge in [-0.15, -0.1) is 11.3 Å². The number of carbonyl (C=O) groups excluding carboxylic acids is 1. The second-order valence-corrected chi connectivity index (χ2v) is 8.13. The Morgan fingerprint density at radius 2 is 2.04 bits per heavy atom. The molecule has 150 valence electrons. The molecular weight excluding hydrogens is 370 g/mol. The first-order chi connectivity index (χ1) is 13.6. The van der Waals surface area contributed by atoms with Gasteiger partial charge in [0.25, 0.3) is 0 Å². The third-order valence-electron chi connectivity index (χ3n) is 4.77. The number of thiazole rings is 1. The molecule has 0 saturated heterocycles. The van der Waals surface area contributed by atoms with Gasteiger partial charge in [-0.05, 0) is 31.4 Å². The van der Waals surface area contributed by atoms with Crippen molar-refractivity contribution in [3.63, 3.8) is 0 Å². The van der Waals surface area contributed by atoms with E-state index in [2.05, 4.69) is 39.6 Å². The lowest BCUT2D eigenvalue weighted by atomic mass is 10.1. The van der Waals surface area contributed by atoms with E-state index in [9.17, 15) is 4.79 Å². The van der Waals surface area contributed by atoms with E-state index in [1.165, 1.54) is 11.1 Å². The topological polar surface area (TPSA) is 60.8 Å². The maximum atomic E-state index is 12.5. The summed E-state index contributed by atoms with van der Waals surface area (Å²) in [4.78, 5) is 25.7. The highest BCUT2D eigenvalue weighted by molar-refractivity contribution is 7.09. The average Bonchev–Trinajstić information content (AvgIpc) is 3.29. The number of fused-ring (bicyclic) bond motifs is 1. The van der Waals surface area contributed by atoms with Crippen LogP contribution in [0, 0.1) is 6.92 Å². The molecule has 2 heterocycles. The van der Waals surface area contributed by atoms with Crippen LogP contribution in [0.25, 0.3) is 0 Å². The van der Waals surface area contributed by atoms with Crippen molar-refractivity contribution in [2.24, 2.45) is 4.99 Å².